The van der Waals surface area contributed by atoms with Crippen molar-refractivity contribution in [2.45, 2.75) is 13.5 Å². The number of nitrogens with zero attached hydrogens (tertiary/aromatic N) is 2. The van der Waals surface area contributed by atoms with Crippen molar-refractivity contribution < 1.29 is 4.74 Å². The van der Waals surface area contributed by atoms with Crippen LogP contribution in [0.5, 0.6) is 5.75 Å². The molecule has 1 heterocycles. The van der Waals surface area contributed by atoms with Crippen LogP contribution in [0.3, 0.4) is 0 Å². The monoisotopic (exact) mass is 374 g/mol. The number of hydrogen-bond donors (Lipinski definition) is 0. The van der Waals surface area contributed by atoms with Crippen LogP contribution in [0.25, 0.3) is 0 Å². The molecule has 0 spiro atoms. The number of ether oxygens (including phenoxy) is 1. The van der Waals surface area contributed by atoms with Crippen molar-refractivity contribution in [1.82, 2.24) is 4.90 Å². The lowest BCUT2D eigenvalue weighted by Gasteiger charge is -2.35. The fourth-order valence-electron chi connectivity index (χ4n) is 2.99. The third-order valence-corrected chi connectivity index (χ3v) is 4.74. The summed E-state index contributed by atoms with van der Waals surface area (Å²) in [6, 6.07) is 14.6. The number of benzene rings is 2. The van der Waals surface area contributed by atoms with Gasteiger partial charge in [0.1, 0.15) is 12.4 Å². The Balaban J connectivity index is 1.83. The molecule has 1 fully saturated rings. The van der Waals surface area contributed by atoms with Gasteiger partial charge in [-0.15, -0.1) is 0 Å². The van der Waals surface area contributed by atoms with E-state index in [1.807, 2.05) is 18.2 Å². The average molecular weight is 375 g/mol. The molecule has 0 radical (unpaired) electrons. The lowest BCUT2D eigenvalue weighted by atomic mass is 10.1. The van der Waals surface area contributed by atoms with Crippen molar-refractivity contribution >= 4 is 21.6 Å². The first-order valence-electron chi connectivity index (χ1n) is 8.04. The maximum absolute atomic E-state index is 6.18. The summed E-state index contributed by atoms with van der Waals surface area (Å²) in [7, 11) is 2.18. The molecule has 0 amide bonds. The topological polar surface area (TPSA) is 15.7 Å². The molecule has 122 valence electrons. The van der Waals surface area contributed by atoms with E-state index in [1.165, 1.54) is 16.8 Å². The van der Waals surface area contributed by atoms with Gasteiger partial charge in [0.2, 0.25) is 0 Å². The molecule has 0 unspecified atom stereocenters. The Kier molecular flexibility index (Phi) is 5.23. The van der Waals surface area contributed by atoms with Gasteiger partial charge in [-0.2, -0.15) is 0 Å². The molecule has 1 aliphatic rings. The summed E-state index contributed by atoms with van der Waals surface area (Å²) < 4.78 is 7.25. The van der Waals surface area contributed by atoms with E-state index in [4.69, 9.17) is 4.74 Å². The maximum atomic E-state index is 6.18. The van der Waals surface area contributed by atoms with Crippen LogP contribution in [0.4, 0.5) is 5.69 Å². The predicted octanol–water partition coefficient (Wildman–Crippen LogP) is 4.09. The van der Waals surface area contributed by atoms with Crippen LogP contribution in [0, 0.1) is 6.92 Å². The Labute approximate surface area is 147 Å². The molecule has 2 aromatic rings. The van der Waals surface area contributed by atoms with E-state index in [9.17, 15) is 0 Å². The van der Waals surface area contributed by atoms with Crippen molar-refractivity contribution in [2.24, 2.45) is 0 Å². The summed E-state index contributed by atoms with van der Waals surface area (Å²) in [5, 5.41) is 0. The van der Waals surface area contributed by atoms with E-state index in [0.717, 1.165) is 36.4 Å². The van der Waals surface area contributed by atoms with Crippen LogP contribution in [0.2, 0.25) is 0 Å². The molecule has 1 aliphatic heterocycles. The van der Waals surface area contributed by atoms with E-state index in [2.05, 4.69) is 64.0 Å². The first kappa shape index (κ1) is 16.3. The summed E-state index contributed by atoms with van der Waals surface area (Å²) in [5.74, 6) is 0.963. The first-order valence-corrected chi connectivity index (χ1v) is 8.83. The molecule has 23 heavy (non-hydrogen) atoms. The SMILES string of the molecule is Cc1cc(Br)cc(OCc2ccccc2)c1N1CCN(C)CC1. The Hall–Kier alpha value is -1.52. The number of rotatable bonds is 4. The zero-order valence-electron chi connectivity index (χ0n) is 13.8. The predicted molar refractivity (Wildman–Crippen MR) is 99.4 cm³/mol. The summed E-state index contributed by atoms with van der Waals surface area (Å²) in [4.78, 5) is 4.82. The van der Waals surface area contributed by atoms with Gasteiger partial charge in [0.05, 0.1) is 5.69 Å². The minimum absolute atomic E-state index is 0.595. The first-order chi connectivity index (χ1) is 11.1. The van der Waals surface area contributed by atoms with Gasteiger partial charge < -0.3 is 14.5 Å². The van der Waals surface area contributed by atoms with Crippen LogP contribution < -0.4 is 9.64 Å². The summed E-state index contributed by atoms with van der Waals surface area (Å²) >= 11 is 3.60. The molecule has 0 aromatic heterocycles. The third-order valence-electron chi connectivity index (χ3n) is 4.29. The second-order valence-corrected chi connectivity index (χ2v) is 7.05. The minimum atomic E-state index is 0.595. The summed E-state index contributed by atoms with van der Waals surface area (Å²) in [5.41, 5.74) is 3.68. The number of anilines is 1. The van der Waals surface area contributed by atoms with Gasteiger partial charge in [0.25, 0.3) is 0 Å². The fourth-order valence-corrected chi connectivity index (χ4v) is 3.54. The fraction of sp³-hybridized carbons (Fsp3) is 0.368. The van der Waals surface area contributed by atoms with Gasteiger partial charge >= 0.3 is 0 Å². The Morgan fingerprint density at radius 2 is 1.74 bits per heavy atom. The van der Waals surface area contributed by atoms with E-state index in [0.29, 0.717) is 6.61 Å². The number of likely N-dealkylation sites (N-methyl/N-ethyl adjacent to an activating group) is 1. The maximum Gasteiger partial charge on any atom is 0.144 e. The lowest BCUT2D eigenvalue weighted by Crippen LogP contribution is -2.44. The van der Waals surface area contributed by atoms with Crippen LogP contribution in [-0.2, 0) is 6.61 Å². The molecule has 0 N–H and O–H groups in total. The molecular weight excluding hydrogens is 352 g/mol. The van der Waals surface area contributed by atoms with Crippen LogP contribution in [-0.4, -0.2) is 38.1 Å². The highest BCUT2D eigenvalue weighted by molar-refractivity contribution is 9.10. The molecule has 3 rings (SSSR count). The zero-order valence-corrected chi connectivity index (χ0v) is 15.3. The molecule has 2 aromatic carbocycles. The summed E-state index contributed by atoms with van der Waals surface area (Å²) in [6.45, 7) is 7.02. The molecule has 3 nitrogen and oxygen atoms in total. The van der Waals surface area contributed by atoms with Gasteiger partial charge in [-0.3, -0.25) is 0 Å². The van der Waals surface area contributed by atoms with E-state index in [1.54, 1.807) is 0 Å². The second kappa shape index (κ2) is 7.37. The number of halogens is 1. The Morgan fingerprint density at radius 3 is 2.43 bits per heavy atom. The summed E-state index contributed by atoms with van der Waals surface area (Å²) in [6.07, 6.45) is 0. The lowest BCUT2D eigenvalue weighted by molar-refractivity contribution is 0.296. The average Bonchev–Trinajstić information content (AvgIpc) is 2.55. The highest BCUT2D eigenvalue weighted by atomic mass is 79.9. The smallest absolute Gasteiger partial charge is 0.144 e. The standard InChI is InChI=1S/C19H23BrN2O/c1-15-12-17(20)13-18(23-14-16-6-4-3-5-7-16)19(15)22-10-8-21(2)9-11-22/h3-7,12-13H,8-11,14H2,1-2H3. The molecule has 4 heteroatoms. The quantitative estimate of drug-likeness (QED) is 0.801. The van der Waals surface area contributed by atoms with Crippen molar-refractivity contribution in [1.29, 1.82) is 0 Å². The van der Waals surface area contributed by atoms with E-state index >= 15 is 0 Å². The van der Waals surface area contributed by atoms with E-state index in [-0.39, 0.29) is 0 Å². The minimum Gasteiger partial charge on any atom is -0.487 e. The van der Waals surface area contributed by atoms with Gasteiger partial charge in [-0.1, -0.05) is 46.3 Å². The van der Waals surface area contributed by atoms with Crippen molar-refractivity contribution in [3.05, 3.63) is 58.1 Å². The van der Waals surface area contributed by atoms with Gasteiger partial charge in [-0.25, -0.2) is 0 Å². The Morgan fingerprint density at radius 1 is 1.04 bits per heavy atom. The molecule has 0 saturated carbocycles. The number of aryl methyl sites for hydroxylation is 1. The zero-order chi connectivity index (χ0) is 16.2. The number of hydrogen-bond acceptors (Lipinski definition) is 3. The highest BCUT2D eigenvalue weighted by Gasteiger charge is 2.20. The van der Waals surface area contributed by atoms with Gasteiger partial charge in [-0.05, 0) is 37.2 Å². The number of piperazine rings is 1. The third kappa shape index (κ3) is 4.06. The van der Waals surface area contributed by atoms with Crippen LogP contribution in [0.1, 0.15) is 11.1 Å². The van der Waals surface area contributed by atoms with Crippen molar-refractivity contribution in [3.63, 3.8) is 0 Å². The van der Waals surface area contributed by atoms with E-state index < -0.39 is 0 Å². The van der Waals surface area contributed by atoms with Gasteiger partial charge in [0.15, 0.2) is 0 Å². The highest BCUT2D eigenvalue weighted by Crippen LogP contribution is 2.36. The molecule has 1 saturated heterocycles. The van der Waals surface area contributed by atoms with Crippen LogP contribution in [0.15, 0.2) is 46.9 Å². The molecule has 0 aliphatic carbocycles. The van der Waals surface area contributed by atoms with Crippen LogP contribution >= 0.6 is 15.9 Å². The molecule has 0 atom stereocenters. The Bertz CT molecular complexity index is 652. The molecular formula is C19H23BrN2O. The molecule has 0 bridgehead atoms. The normalized spacial score (nSPS) is 15.7. The largest absolute Gasteiger partial charge is 0.487 e. The van der Waals surface area contributed by atoms with Crippen molar-refractivity contribution in [2.75, 3.05) is 38.1 Å². The second-order valence-electron chi connectivity index (χ2n) is 6.13. The van der Waals surface area contributed by atoms with Gasteiger partial charge in [0, 0.05) is 30.7 Å². The van der Waals surface area contributed by atoms with Crippen molar-refractivity contribution in [3.8, 4) is 5.75 Å².